The molecule has 0 spiro atoms. The van der Waals surface area contributed by atoms with Gasteiger partial charge in [0.1, 0.15) is 0 Å². The van der Waals surface area contributed by atoms with E-state index in [0.717, 1.165) is 11.7 Å². The zero-order valence-electron chi connectivity index (χ0n) is 11.7. The first kappa shape index (κ1) is 16.6. The van der Waals surface area contributed by atoms with Crippen LogP contribution in [0.4, 0.5) is 0 Å². The lowest BCUT2D eigenvalue weighted by molar-refractivity contribution is 0.359. The van der Waals surface area contributed by atoms with Gasteiger partial charge in [-0.1, -0.05) is 51.9 Å². The van der Waals surface area contributed by atoms with Gasteiger partial charge in [0.2, 0.25) is 0 Å². The van der Waals surface area contributed by atoms with Crippen LogP contribution in [-0.4, -0.2) is 30.8 Å². The van der Waals surface area contributed by atoms with Gasteiger partial charge in [0.05, 0.1) is 0 Å². The van der Waals surface area contributed by atoms with Crippen LogP contribution in [0, 0.1) is 0 Å². The molecule has 0 aliphatic rings. The summed E-state index contributed by atoms with van der Waals surface area (Å²) in [5, 5.41) is 5.77. The van der Waals surface area contributed by atoms with Crippen molar-refractivity contribution in [3.63, 3.8) is 0 Å². The predicted molar refractivity (Wildman–Crippen MR) is 80.0 cm³/mol. The Morgan fingerprint density at radius 2 is 1.47 bits per heavy atom. The maximum atomic E-state index is 5.11. The molecule has 2 N–H and O–H groups in total. The van der Waals surface area contributed by atoms with Crippen LogP contribution in [0.1, 0.15) is 58.3 Å². The molecule has 0 heterocycles. The van der Waals surface area contributed by atoms with Crippen LogP contribution in [-0.2, 0) is 0 Å². The molecule has 0 aliphatic heterocycles. The molecule has 0 aromatic rings. The van der Waals surface area contributed by atoms with Crippen molar-refractivity contribution in [1.82, 2.24) is 15.8 Å². The smallest absolute Gasteiger partial charge is 0.180 e. The SMILES string of the molecule is CCCCCCCCCCNC(=S)NN(C)C. The van der Waals surface area contributed by atoms with Crippen molar-refractivity contribution in [2.24, 2.45) is 0 Å². The van der Waals surface area contributed by atoms with Gasteiger partial charge < -0.3 is 5.32 Å². The van der Waals surface area contributed by atoms with Gasteiger partial charge in [-0.2, -0.15) is 0 Å². The third-order valence-electron chi connectivity index (χ3n) is 2.64. The van der Waals surface area contributed by atoms with E-state index >= 15 is 0 Å². The summed E-state index contributed by atoms with van der Waals surface area (Å²) in [6.07, 6.45) is 10.8. The highest BCUT2D eigenvalue weighted by Crippen LogP contribution is 2.07. The fourth-order valence-corrected chi connectivity index (χ4v) is 1.99. The van der Waals surface area contributed by atoms with Crippen LogP contribution in [0.15, 0.2) is 0 Å². The Kier molecular flexibility index (Phi) is 11.9. The van der Waals surface area contributed by atoms with E-state index in [-0.39, 0.29) is 0 Å². The molecule has 0 amide bonds. The molecule has 0 aromatic carbocycles. The fourth-order valence-electron chi connectivity index (χ4n) is 1.70. The van der Waals surface area contributed by atoms with E-state index in [4.69, 9.17) is 12.2 Å². The monoisotopic (exact) mass is 259 g/mol. The number of nitrogens with one attached hydrogen (secondary N) is 2. The van der Waals surface area contributed by atoms with E-state index in [1.165, 1.54) is 51.4 Å². The minimum atomic E-state index is 0.720. The minimum absolute atomic E-state index is 0.720. The van der Waals surface area contributed by atoms with E-state index in [0.29, 0.717) is 0 Å². The quantitative estimate of drug-likeness (QED) is 0.358. The zero-order valence-corrected chi connectivity index (χ0v) is 12.5. The summed E-state index contributed by atoms with van der Waals surface area (Å²) in [5.41, 5.74) is 3.02. The molecule has 0 aromatic heterocycles. The third-order valence-corrected chi connectivity index (χ3v) is 2.88. The highest BCUT2D eigenvalue weighted by molar-refractivity contribution is 7.80. The van der Waals surface area contributed by atoms with Crippen LogP contribution in [0.25, 0.3) is 0 Å². The maximum Gasteiger partial charge on any atom is 0.180 e. The summed E-state index contributed by atoms with van der Waals surface area (Å²) in [5.74, 6) is 0. The zero-order chi connectivity index (χ0) is 12.9. The number of hydrogen-bond donors (Lipinski definition) is 2. The number of unbranched alkanes of at least 4 members (excludes halogenated alkanes) is 7. The van der Waals surface area contributed by atoms with Crippen LogP contribution >= 0.6 is 12.2 Å². The number of rotatable bonds is 10. The van der Waals surface area contributed by atoms with E-state index in [2.05, 4.69) is 17.7 Å². The first-order valence-corrected chi connectivity index (χ1v) is 7.29. The topological polar surface area (TPSA) is 27.3 Å². The summed E-state index contributed by atoms with van der Waals surface area (Å²) < 4.78 is 0. The average Bonchev–Trinajstić information content (AvgIpc) is 2.26. The summed E-state index contributed by atoms with van der Waals surface area (Å²) >= 11 is 5.11. The fraction of sp³-hybridized carbons (Fsp3) is 0.923. The molecule has 0 fully saturated rings. The lowest BCUT2D eigenvalue weighted by Crippen LogP contribution is -2.43. The van der Waals surface area contributed by atoms with Gasteiger partial charge in [0, 0.05) is 20.6 Å². The van der Waals surface area contributed by atoms with E-state index in [1.54, 1.807) is 0 Å². The molecule has 17 heavy (non-hydrogen) atoms. The van der Waals surface area contributed by atoms with E-state index in [1.807, 2.05) is 19.1 Å². The second-order valence-electron chi connectivity index (χ2n) is 4.74. The Hall–Kier alpha value is -0.350. The van der Waals surface area contributed by atoms with Gasteiger partial charge in [-0.15, -0.1) is 0 Å². The molecule has 102 valence electrons. The number of thiocarbonyl (C=S) groups is 1. The first-order valence-electron chi connectivity index (χ1n) is 6.88. The van der Waals surface area contributed by atoms with Gasteiger partial charge in [-0.3, -0.25) is 5.43 Å². The normalized spacial score (nSPS) is 10.6. The molecular formula is C13H29N3S. The Morgan fingerprint density at radius 3 is 2.00 bits per heavy atom. The van der Waals surface area contributed by atoms with Crippen molar-refractivity contribution < 1.29 is 0 Å². The maximum absolute atomic E-state index is 5.11. The molecule has 0 radical (unpaired) electrons. The lowest BCUT2D eigenvalue weighted by Gasteiger charge is -2.15. The summed E-state index contributed by atoms with van der Waals surface area (Å²) in [6, 6.07) is 0. The van der Waals surface area contributed by atoms with E-state index < -0.39 is 0 Å². The van der Waals surface area contributed by atoms with E-state index in [9.17, 15) is 0 Å². The lowest BCUT2D eigenvalue weighted by atomic mass is 10.1. The van der Waals surface area contributed by atoms with Crippen molar-refractivity contribution in [2.75, 3.05) is 20.6 Å². The Balaban J connectivity index is 3.10. The molecule has 0 rings (SSSR count). The van der Waals surface area contributed by atoms with Crippen molar-refractivity contribution in [1.29, 1.82) is 0 Å². The molecule has 3 nitrogen and oxygen atoms in total. The Labute approximate surface area is 112 Å². The molecular weight excluding hydrogens is 230 g/mol. The molecule has 0 saturated carbocycles. The first-order chi connectivity index (χ1) is 8.16. The van der Waals surface area contributed by atoms with Gasteiger partial charge in [-0.25, -0.2) is 5.01 Å². The van der Waals surface area contributed by atoms with Crippen molar-refractivity contribution in [3.8, 4) is 0 Å². The highest BCUT2D eigenvalue weighted by atomic mass is 32.1. The summed E-state index contributed by atoms with van der Waals surface area (Å²) in [7, 11) is 3.87. The van der Waals surface area contributed by atoms with Gasteiger partial charge >= 0.3 is 0 Å². The molecule has 0 aliphatic carbocycles. The Morgan fingerprint density at radius 1 is 0.941 bits per heavy atom. The predicted octanol–water partition coefficient (Wildman–Crippen LogP) is 3.07. The summed E-state index contributed by atoms with van der Waals surface area (Å²) in [6.45, 7) is 3.24. The third kappa shape index (κ3) is 13.6. The standard InChI is InChI=1S/C13H29N3S/c1-4-5-6-7-8-9-10-11-12-14-13(17)15-16(2)3/h4-12H2,1-3H3,(H2,14,15,17). The number of nitrogens with zero attached hydrogens (tertiary/aromatic N) is 1. The average molecular weight is 259 g/mol. The molecule has 0 atom stereocenters. The minimum Gasteiger partial charge on any atom is -0.362 e. The molecule has 0 bridgehead atoms. The van der Waals surface area contributed by atoms with Gasteiger partial charge in [-0.05, 0) is 18.6 Å². The van der Waals surface area contributed by atoms with Crippen molar-refractivity contribution in [3.05, 3.63) is 0 Å². The van der Waals surface area contributed by atoms with Crippen LogP contribution in [0.3, 0.4) is 0 Å². The van der Waals surface area contributed by atoms with Crippen LogP contribution in [0.5, 0.6) is 0 Å². The molecule has 0 saturated heterocycles. The van der Waals surface area contributed by atoms with Gasteiger partial charge in [0.15, 0.2) is 5.11 Å². The molecule has 4 heteroatoms. The van der Waals surface area contributed by atoms with Crippen LogP contribution < -0.4 is 10.7 Å². The van der Waals surface area contributed by atoms with Crippen molar-refractivity contribution >= 4 is 17.3 Å². The van der Waals surface area contributed by atoms with Crippen molar-refractivity contribution in [2.45, 2.75) is 58.3 Å². The molecule has 0 unspecified atom stereocenters. The Bertz CT molecular complexity index is 184. The highest BCUT2D eigenvalue weighted by Gasteiger charge is 1.95. The van der Waals surface area contributed by atoms with Gasteiger partial charge in [0.25, 0.3) is 0 Å². The largest absolute Gasteiger partial charge is 0.362 e. The second kappa shape index (κ2) is 12.1. The summed E-state index contributed by atoms with van der Waals surface area (Å²) in [4.78, 5) is 0. The number of hydrogen-bond acceptors (Lipinski definition) is 2. The second-order valence-corrected chi connectivity index (χ2v) is 5.15. The number of hydrazine groups is 1. The van der Waals surface area contributed by atoms with Crippen LogP contribution in [0.2, 0.25) is 0 Å².